The minimum absolute atomic E-state index is 0.0369. The van der Waals surface area contributed by atoms with Crippen molar-refractivity contribution in [2.75, 3.05) is 4.90 Å². The molecule has 7 nitrogen and oxygen atoms in total. The Labute approximate surface area is 186 Å². The van der Waals surface area contributed by atoms with Crippen molar-refractivity contribution in [1.82, 2.24) is 0 Å². The smallest absolute Gasteiger partial charge is 0.300 e. The van der Waals surface area contributed by atoms with Crippen LogP contribution in [0.3, 0.4) is 0 Å². The molecule has 0 spiro atoms. The highest BCUT2D eigenvalue weighted by Crippen LogP contribution is 2.42. The van der Waals surface area contributed by atoms with Crippen molar-refractivity contribution in [3.8, 4) is 0 Å². The first kappa shape index (κ1) is 21.8. The Kier molecular flexibility index (Phi) is 5.47. The molecule has 3 aromatic rings. The van der Waals surface area contributed by atoms with Crippen molar-refractivity contribution in [3.05, 3.63) is 111 Å². The second kappa shape index (κ2) is 8.27. The largest absolute Gasteiger partial charge is 0.507 e. The van der Waals surface area contributed by atoms with Crippen LogP contribution in [-0.2, 0) is 9.59 Å². The number of anilines is 1. The molecule has 3 aromatic carbocycles. The molecule has 1 aliphatic rings. The van der Waals surface area contributed by atoms with Crippen LogP contribution in [0.2, 0.25) is 0 Å². The number of rotatable bonds is 4. The molecule has 1 saturated heterocycles. The average Bonchev–Trinajstić information content (AvgIpc) is 3.06. The molecule has 1 amide bonds. The van der Waals surface area contributed by atoms with E-state index in [9.17, 15) is 33.6 Å². The number of Topliss-reactive ketones (excluding diaryl/α,β-unsaturated/α-hetero) is 1. The standard InChI is InChI=1S/C24H16F2N2O5/c1-13-4-2-5-14(10-13)21-20(22(29)15-6-3-7-17(11-15)28(32)33)23(30)24(31)27(21)16-8-9-18(25)19(26)12-16/h2-12,21,29H,1H3/b22-20+. The van der Waals surface area contributed by atoms with Crippen LogP contribution in [0.1, 0.15) is 22.7 Å². The van der Waals surface area contributed by atoms with Crippen molar-refractivity contribution in [3.63, 3.8) is 0 Å². The lowest BCUT2D eigenvalue weighted by molar-refractivity contribution is -0.384. The van der Waals surface area contributed by atoms with Gasteiger partial charge in [0.2, 0.25) is 0 Å². The number of non-ortho nitro benzene ring substituents is 1. The molecule has 0 bridgehead atoms. The number of aliphatic hydroxyl groups is 1. The van der Waals surface area contributed by atoms with Crippen LogP contribution in [0.25, 0.3) is 5.76 Å². The number of carbonyl (C=O) groups is 2. The van der Waals surface area contributed by atoms with E-state index >= 15 is 0 Å². The molecular weight excluding hydrogens is 434 g/mol. The normalized spacial score (nSPS) is 17.4. The molecule has 33 heavy (non-hydrogen) atoms. The summed E-state index contributed by atoms with van der Waals surface area (Å²) in [5.41, 5.74) is 0.465. The lowest BCUT2D eigenvalue weighted by Gasteiger charge is -2.25. The van der Waals surface area contributed by atoms with E-state index in [1.54, 1.807) is 31.2 Å². The molecule has 0 saturated carbocycles. The minimum atomic E-state index is -1.21. The summed E-state index contributed by atoms with van der Waals surface area (Å²) in [6.45, 7) is 1.79. The molecule has 1 heterocycles. The minimum Gasteiger partial charge on any atom is -0.507 e. The molecule has 4 rings (SSSR count). The third kappa shape index (κ3) is 3.84. The van der Waals surface area contributed by atoms with Gasteiger partial charge in [-0.05, 0) is 24.6 Å². The van der Waals surface area contributed by atoms with Gasteiger partial charge < -0.3 is 5.11 Å². The molecule has 0 aliphatic carbocycles. The summed E-state index contributed by atoms with van der Waals surface area (Å²) < 4.78 is 27.5. The zero-order valence-electron chi connectivity index (χ0n) is 17.2. The van der Waals surface area contributed by atoms with Gasteiger partial charge in [-0.2, -0.15) is 0 Å². The highest BCUT2D eigenvalue weighted by Gasteiger charge is 2.47. The van der Waals surface area contributed by atoms with Gasteiger partial charge in [-0.15, -0.1) is 0 Å². The number of nitro groups is 1. The molecule has 1 aliphatic heterocycles. The number of benzene rings is 3. The Morgan fingerprint density at radius 1 is 1.00 bits per heavy atom. The van der Waals surface area contributed by atoms with Gasteiger partial charge in [0.05, 0.1) is 16.5 Å². The molecule has 1 N–H and O–H groups in total. The van der Waals surface area contributed by atoms with Crippen molar-refractivity contribution in [1.29, 1.82) is 0 Å². The van der Waals surface area contributed by atoms with Gasteiger partial charge in [0.15, 0.2) is 11.6 Å². The predicted octanol–water partition coefficient (Wildman–Crippen LogP) is 4.81. The van der Waals surface area contributed by atoms with Crippen molar-refractivity contribution in [2.24, 2.45) is 0 Å². The number of carbonyl (C=O) groups excluding carboxylic acids is 2. The molecule has 1 fully saturated rings. The first-order valence-corrected chi connectivity index (χ1v) is 9.76. The lowest BCUT2D eigenvalue weighted by atomic mass is 9.94. The van der Waals surface area contributed by atoms with E-state index in [2.05, 4.69) is 0 Å². The monoisotopic (exact) mass is 450 g/mol. The number of nitrogens with zero attached hydrogens (tertiary/aromatic N) is 2. The zero-order valence-corrected chi connectivity index (χ0v) is 17.2. The van der Waals surface area contributed by atoms with E-state index in [1.165, 1.54) is 18.2 Å². The van der Waals surface area contributed by atoms with Gasteiger partial charge in [-0.25, -0.2) is 8.78 Å². The summed E-state index contributed by atoms with van der Waals surface area (Å²) in [6, 6.07) is 13.4. The summed E-state index contributed by atoms with van der Waals surface area (Å²) in [6.07, 6.45) is 0. The fourth-order valence-corrected chi connectivity index (χ4v) is 3.81. The van der Waals surface area contributed by atoms with E-state index in [0.29, 0.717) is 5.56 Å². The number of hydrogen-bond acceptors (Lipinski definition) is 5. The zero-order chi connectivity index (χ0) is 23.9. The van der Waals surface area contributed by atoms with Gasteiger partial charge in [0, 0.05) is 29.4 Å². The summed E-state index contributed by atoms with van der Waals surface area (Å²) in [4.78, 5) is 37.5. The highest BCUT2D eigenvalue weighted by molar-refractivity contribution is 6.51. The third-order valence-corrected chi connectivity index (χ3v) is 5.31. The van der Waals surface area contributed by atoms with Gasteiger partial charge >= 0.3 is 0 Å². The molecule has 1 atom stereocenters. The number of amides is 1. The number of aryl methyl sites for hydroxylation is 1. The van der Waals surface area contributed by atoms with Gasteiger partial charge in [0.1, 0.15) is 5.76 Å². The molecule has 1 unspecified atom stereocenters. The maximum Gasteiger partial charge on any atom is 0.300 e. The van der Waals surface area contributed by atoms with Crippen LogP contribution in [-0.4, -0.2) is 21.7 Å². The molecule has 166 valence electrons. The second-order valence-electron chi connectivity index (χ2n) is 7.49. The molecule has 0 radical (unpaired) electrons. The van der Waals surface area contributed by atoms with Crippen molar-refractivity contribution < 1.29 is 28.4 Å². The van der Waals surface area contributed by atoms with E-state index < -0.39 is 40.0 Å². The number of aliphatic hydroxyl groups excluding tert-OH is 1. The second-order valence-corrected chi connectivity index (χ2v) is 7.49. The molecule has 9 heteroatoms. The highest BCUT2D eigenvalue weighted by atomic mass is 19.2. The summed E-state index contributed by atoms with van der Waals surface area (Å²) in [5, 5.41) is 22.1. The first-order valence-electron chi connectivity index (χ1n) is 9.76. The Bertz CT molecular complexity index is 1350. The van der Waals surface area contributed by atoms with Crippen LogP contribution in [0, 0.1) is 28.7 Å². The van der Waals surface area contributed by atoms with Crippen LogP contribution < -0.4 is 4.90 Å². The van der Waals surface area contributed by atoms with E-state index in [4.69, 9.17) is 0 Å². The lowest BCUT2D eigenvalue weighted by Crippen LogP contribution is -2.29. The Hall–Kier alpha value is -4.40. The number of hydrogen-bond donors (Lipinski definition) is 1. The van der Waals surface area contributed by atoms with E-state index in [-0.39, 0.29) is 22.5 Å². The Morgan fingerprint density at radius 2 is 1.73 bits per heavy atom. The predicted molar refractivity (Wildman–Crippen MR) is 115 cm³/mol. The molecule has 0 aromatic heterocycles. The maximum absolute atomic E-state index is 14.0. The number of nitro benzene ring substituents is 1. The van der Waals surface area contributed by atoms with Crippen LogP contribution in [0.4, 0.5) is 20.2 Å². The summed E-state index contributed by atoms with van der Waals surface area (Å²) in [5.74, 6) is -5.07. The summed E-state index contributed by atoms with van der Waals surface area (Å²) in [7, 11) is 0. The van der Waals surface area contributed by atoms with Crippen molar-refractivity contribution >= 4 is 28.8 Å². The van der Waals surface area contributed by atoms with Crippen LogP contribution >= 0.6 is 0 Å². The number of ketones is 1. The first-order chi connectivity index (χ1) is 15.7. The topological polar surface area (TPSA) is 101 Å². The SMILES string of the molecule is Cc1cccc(C2/C(=C(\O)c3cccc([N+](=O)[O-])c3)C(=O)C(=O)N2c2ccc(F)c(F)c2)c1. The van der Waals surface area contributed by atoms with Crippen molar-refractivity contribution in [2.45, 2.75) is 13.0 Å². The van der Waals surface area contributed by atoms with Crippen LogP contribution in [0.5, 0.6) is 0 Å². The fourth-order valence-electron chi connectivity index (χ4n) is 3.81. The Balaban J connectivity index is 1.97. The fraction of sp³-hybridized carbons (Fsp3) is 0.0833. The molecular formula is C24H16F2N2O5. The quantitative estimate of drug-likeness (QED) is 0.202. The van der Waals surface area contributed by atoms with Crippen LogP contribution in [0.15, 0.2) is 72.3 Å². The third-order valence-electron chi connectivity index (χ3n) is 5.31. The Morgan fingerprint density at radius 3 is 2.39 bits per heavy atom. The van der Waals surface area contributed by atoms with Gasteiger partial charge in [-0.3, -0.25) is 24.6 Å². The van der Waals surface area contributed by atoms with E-state index in [0.717, 1.165) is 34.7 Å². The van der Waals surface area contributed by atoms with Gasteiger partial charge in [-0.1, -0.05) is 42.0 Å². The number of halogens is 2. The van der Waals surface area contributed by atoms with E-state index in [1.807, 2.05) is 0 Å². The summed E-state index contributed by atoms with van der Waals surface area (Å²) >= 11 is 0. The average molecular weight is 450 g/mol. The maximum atomic E-state index is 14.0. The van der Waals surface area contributed by atoms with Gasteiger partial charge in [0.25, 0.3) is 17.4 Å².